The van der Waals surface area contributed by atoms with Gasteiger partial charge in [0.1, 0.15) is 12.4 Å². The summed E-state index contributed by atoms with van der Waals surface area (Å²) in [4.78, 5) is 0. The molecule has 0 saturated heterocycles. The minimum absolute atomic E-state index is 0.217. The van der Waals surface area contributed by atoms with E-state index in [-0.39, 0.29) is 6.10 Å². The van der Waals surface area contributed by atoms with Crippen LogP contribution in [0.2, 0.25) is 0 Å². The monoisotopic (exact) mass is 251 g/mol. The Hall–Kier alpha value is -1.06. The zero-order valence-electron chi connectivity index (χ0n) is 11.7. The molecule has 18 heavy (non-hydrogen) atoms. The van der Waals surface area contributed by atoms with Gasteiger partial charge in [-0.1, -0.05) is 32.0 Å². The quantitative estimate of drug-likeness (QED) is 0.685. The lowest BCUT2D eigenvalue weighted by Crippen LogP contribution is -2.39. The molecule has 0 aromatic heterocycles. The molecule has 0 radical (unpaired) electrons. The van der Waals surface area contributed by atoms with Crippen molar-refractivity contribution in [2.24, 2.45) is 0 Å². The number of rotatable bonds is 9. The van der Waals surface area contributed by atoms with Gasteiger partial charge < -0.3 is 14.8 Å². The van der Waals surface area contributed by atoms with Crippen molar-refractivity contribution in [2.45, 2.75) is 39.3 Å². The number of hydrogen-bond donors (Lipinski definition) is 1. The number of para-hydroxylation sites is 1. The van der Waals surface area contributed by atoms with Crippen molar-refractivity contribution < 1.29 is 9.47 Å². The third kappa shape index (κ3) is 5.52. The molecule has 1 N–H and O–H groups in total. The molecule has 0 aliphatic rings. The van der Waals surface area contributed by atoms with E-state index in [1.807, 2.05) is 30.3 Å². The van der Waals surface area contributed by atoms with Crippen LogP contribution in [-0.2, 0) is 4.74 Å². The molecule has 102 valence electrons. The van der Waals surface area contributed by atoms with Gasteiger partial charge in [0, 0.05) is 6.04 Å². The van der Waals surface area contributed by atoms with Gasteiger partial charge in [-0.2, -0.15) is 0 Å². The van der Waals surface area contributed by atoms with E-state index in [1.165, 1.54) is 0 Å². The lowest BCUT2D eigenvalue weighted by atomic mass is 10.1. The van der Waals surface area contributed by atoms with Crippen molar-refractivity contribution in [2.75, 3.05) is 19.8 Å². The van der Waals surface area contributed by atoms with Crippen LogP contribution in [0.4, 0.5) is 0 Å². The van der Waals surface area contributed by atoms with E-state index in [4.69, 9.17) is 9.47 Å². The highest BCUT2D eigenvalue weighted by atomic mass is 16.5. The van der Waals surface area contributed by atoms with Crippen LogP contribution in [0.1, 0.15) is 27.2 Å². The molecule has 0 amide bonds. The van der Waals surface area contributed by atoms with E-state index in [2.05, 4.69) is 26.1 Å². The molecule has 0 heterocycles. The topological polar surface area (TPSA) is 30.5 Å². The van der Waals surface area contributed by atoms with E-state index in [0.717, 1.165) is 18.7 Å². The highest BCUT2D eigenvalue weighted by Gasteiger charge is 2.14. The lowest BCUT2D eigenvalue weighted by molar-refractivity contribution is 0.0216. The van der Waals surface area contributed by atoms with Crippen LogP contribution >= 0.6 is 0 Å². The molecule has 0 bridgehead atoms. The molecular weight excluding hydrogens is 226 g/mol. The van der Waals surface area contributed by atoms with Crippen molar-refractivity contribution in [1.82, 2.24) is 5.32 Å². The van der Waals surface area contributed by atoms with Crippen LogP contribution in [0.5, 0.6) is 5.75 Å². The zero-order chi connectivity index (χ0) is 13.2. The summed E-state index contributed by atoms with van der Waals surface area (Å²) in [6, 6.07) is 10.3. The highest BCUT2D eigenvalue weighted by Crippen LogP contribution is 2.08. The van der Waals surface area contributed by atoms with Gasteiger partial charge in [0.25, 0.3) is 0 Å². The fourth-order valence-corrected chi connectivity index (χ4v) is 1.93. The predicted molar refractivity (Wildman–Crippen MR) is 75.1 cm³/mol. The van der Waals surface area contributed by atoms with Crippen LogP contribution in [0.15, 0.2) is 30.3 Å². The highest BCUT2D eigenvalue weighted by molar-refractivity contribution is 5.20. The fourth-order valence-electron chi connectivity index (χ4n) is 1.93. The minimum Gasteiger partial charge on any atom is -0.491 e. The Balaban J connectivity index is 2.17. The molecule has 0 spiro atoms. The Morgan fingerprint density at radius 3 is 2.44 bits per heavy atom. The molecule has 0 aliphatic carbocycles. The van der Waals surface area contributed by atoms with Crippen LogP contribution < -0.4 is 10.1 Å². The van der Waals surface area contributed by atoms with Crippen LogP contribution in [0.25, 0.3) is 0 Å². The lowest BCUT2D eigenvalue weighted by Gasteiger charge is -2.23. The van der Waals surface area contributed by atoms with Crippen LogP contribution in [-0.4, -0.2) is 31.9 Å². The third-order valence-electron chi connectivity index (χ3n) is 2.95. The summed E-state index contributed by atoms with van der Waals surface area (Å²) in [7, 11) is 0. The van der Waals surface area contributed by atoms with Gasteiger partial charge in [0.15, 0.2) is 0 Å². The molecule has 0 saturated carbocycles. The molecule has 1 aromatic rings. The summed E-state index contributed by atoms with van der Waals surface area (Å²) in [5.74, 6) is 0.896. The van der Waals surface area contributed by atoms with E-state index in [9.17, 15) is 0 Å². The van der Waals surface area contributed by atoms with Gasteiger partial charge in [-0.15, -0.1) is 0 Å². The number of nitrogens with one attached hydrogen (secondary N) is 1. The molecule has 3 nitrogen and oxygen atoms in total. The van der Waals surface area contributed by atoms with Crippen molar-refractivity contribution >= 4 is 0 Å². The molecule has 1 rings (SSSR count). The third-order valence-corrected chi connectivity index (χ3v) is 2.95. The van der Waals surface area contributed by atoms with E-state index < -0.39 is 0 Å². The second-order valence-electron chi connectivity index (χ2n) is 4.31. The average Bonchev–Trinajstić information content (AvgIpc) is 2.42. The van der Waals surface area contributed by atoms with Crippen molar-refractivity contribution in [1.29, 1.82) is 0 Å². The second kappa shape index (κ2) is 8.95. The minimum atomic E-state index is 0.217. The molecule has 0 aliphatic heterocycles. The van der Waals surface area contributed by atoms with Crippen molar-refractivity contribution in [3.8, 4) is 5.75 Å². The van der Waals surface area contributed by atoms with E-state index in [0.29, 0.717) is 19.3 Å². The van der Waals surface area contributed by atoms with Gasteiger partial charge in [-0.05, 0) is 32.0 Å². The first-order valence-corrected chi connectivity index (χ1v) is 6.80. The Bertz CT molecular complexity index is 303. The summed E-state index contributed by atoms with van der Waals surface area (Å²) in [5.41, 5.74) is 0. The first-order chi connectivity index (χ1) is 8.77. The Labute approximate surface area is 110 Å². The van der Waals surface area contributed by atoms with Crippen LogP contribution in [0, 0.1) is 0 Å². The van der Waals surface area contributed by atoms with Gasteiger partial charge in [-0.3, -0.25) is 0 Å². The van der Waals surface area contributed by atoms with Gasteiger partial charge >= 0.3 is 0 Å². The summed E-state index contributed by atoms with van der Waals surface area (Å²) >= 11 is 0. The zero-order valence-corrected chi connectivity index (χ0v) is 11.7. The van der Waals surface area contributed by atoms with Crippen LogP contribution in [0.3, 0.4) is 0 Å². The summed E-state index contributed by atoms with van der Waals surface area (Å²) in [6.45, 7) is 8.60. The Morgan fingerprint density at radius 2 is 1.83 bits per heavy atom. The Kier molecular flexibility index (Phi) is 7.46. The standard InChI is InChI=1S/C15H25NO2/c1-4-15(16-5-2)13(3)17-11-12-18-14-9-7-6-8-10-14/h6-10,13,15-16H,4-5,11-12H2,1-3H3. The van der Waals surface area contributed by atoms with Gasteiger partial charge in [0.05, 0.1) is 12.7 Å². The molecule has 0 fully saturated rings. The molecule has 2 atom stereocenters. The largest absolute Gasteiger partial charge is 0.491 e. The van der Waals surface area contributed by atoms with E-state index >= 15 is 0 Å². The maximum atomic E-state index is 5.78. The number of likely N-dealkylation sites (N-methyl/N-ethyl adjacent to an activating group) is 1. The van der Waals surface area contributed by atoms with Gasteiger partial charge in [0.2, 0.25) is 0 Å². The summed E-state index contributed by atoms with van der Waals surface area (Å²) < 4.78 is 11.4. The fraction of sp³-hybridized carbons (Fsp3) is 0.600. The molecule has 2 unspecified atom stereocenters. The summed E-state index contributed by atoms with van der Waals surface area (Å²) in [5, 5.41) is 3.42. The smallest absolute Gasteiger partial charge is 0.119 e. The number of ether oxygens (including phenoxy) is 2. The number of benzene rings is 1. The first kappa shape index (κ1) is 15.0. The van der Waals surface area contributed by atoms with Gasteiger partial charge in [-0.25, -0.2) is 0 Å². The first-order valence-electron chi connectivity index (χ1n) is 6.80. The Morgan fingerprint density at radius 1 is 1.11 bits per heavy atom. The van der Waals surface area contributed by atoms with Crippen molar-refractivity contribution in [3.63, 3.8) is 0 Å². The molecular formula is C15H25NO2. The number of hydrogen-bond acceptors (Lipinski definition) is 3. The average molecular weight is 251 g/mol. The maximum absolute atomic E-state index is 5.78. The molecule has 1 aromatic carbocycles. The molecule has 3 heteroatoms. The SMILES string of the molecule is CCNC(CC)C(C)OCCOc1ccccc1. The van der Waals surface area contributed by atoms with Crippen molar-refractivity contribution in [3.05, 3.63) is 30.3 Å². The maximum Gasteiger partial charge on any atom is 0.119 e. The predicted octanol–water partition coefficient (Wildman–Crippen LogP) is 2.86. The summed E-state index contributed by atoms with van der Waals surface area (Å²) in [6.07, 6.45) is 1.29. The second-order valence-corrected chi connectivity index (χ2v) is 4.31. The van der Waals surface area contributed by atoms with E-state index in [1.54, 1.807) is 0 Å². The normalized spacial score (nSPS) is 14.2.